The van der Waals surface area contributed by atoms with Gasteiger partial charge in [0.2, 0.25) is 0 Å². The fraction of sp³-hybridized carbons (Fsp3) is 0.143. The summed E-state index contributed by atoms with van der Waals surface area (Å²) in [5.41, 5.74) is 8.92. The number of nitrogens with zero attached hydrogens (tertiary/aromatic N) is 1. The van der Waals surface area contributed by atoms with Gasteiger partial charge in [-0.2, -0.15) is 0 Å². The van der Waals surface area contributed by atoms with Gasteiger partial charge in [-0.25, -0.2) is 0 Å². The van der Waals surface area contributed by atoms with Crippen molar-refractivity contribution in [2.24, 2.45) is 5.73 Å². The molecule has 26 heavy (non-hydrogen) atoms. The van der Waals surface area contributed by atoms with Gasteiger partial charge in [0.15, 0.2) is 0 Å². The molecule has 0 fully saturated rings. The Morgan fingerprint density at radius 1 is 0.962 bits per heavy atom. The van der Waals surface area contributed by atoms with E-state index in [1.807, 2.05) is 54.7 Å². The van der Waals surface area contributed by atoms with E-state index < -0.39 is 16.8 Å². The molecule has 0 amide bonds. The lowest BCUT2D eigenvalue weighted by atomic mass is 9.85. The summed E-state index contributed by atoms with van der Waals surface area (Å²) in [5, 5.41) is 9.24. The molecule has 0 saturated heterocycles. The molecule has 0 aliphatic rings. The highest BCUT2D eigenvalue weighted by Gasteiger charge is 2.38. The summed E-state index contributed by atoms with van der Waals surface area (Å²) in [6.45, 7) is 0. The van der Waals surface area contributed by atoms with Crippen molar-refractivity contribution >= 4 is 17.7 Å². The Morgan fingerprint density at radius 2 is 1.50 bits per heavy atom. The number of hydrogen-bond acceptors (Lipinski definition) is 4. The minimum Gasteiger partial charge on any atom is -0.480 e. The van der Waals surface area contributed by atoms with E-state index in [4.69, 9.17) is 5.73 Å². The van der Waals surface area contributed by atoms with Crippen LogP contribution >= 0.6 is 11.8 Å². The highest BCUT2D eigenvalue weighted by molar-refractivity contribution is 8.00. The largest absolute Gasteiger partial charge is 0.480 e. The molecule has 0 aliphatic heterocycles. The van der Waals surface area contributed by atoms with Gasteiger partial charge in [-0.1, -0.05) is 66.7 Å². The Labute approximate surface area is 157 Å². The Balaban J connectivity index is 2.19. The third-order valence-electron chi connectivity index (χ3n) is 4.23. The van der Waals surface area contributed by atoms with E-state index in [1.54, 1.807) is 6.20 Å². The fourth-order valence-electron chi connectivity index (χ4n) is 2.95. The average Bonchev–Trinajstić information content (AvgIpc) is 2.70. The number of pyridine rings is 1. The smallest absolute Gasteiger partial charge is 0.321 e. The van der Waals surface area contributed by atoms with Crippen LogP contribution in [0.4, 0.5) is 0 Å². The predicted octanol–water partition coefficient (Wildman–Crippen LogP) is 3.52. The molecule has 1 unspecified atom stereocenters. The number of carboxylic acid groups (broad SMARTS) is 1. The van der Waals surface area contributed by atoms with E-state index in [9.17, 15) is 9.90 Å². The standard InChI is InChI=1S/C21H20N2O2S/c22-19(20(24)25)15-26-21(16-8-3-1-4-9-16,17-10-5-2-6-11-17)18-12-7-13-23-14-18/h1-14,19H,15,22H2,(H,24,25). The van der Waals surface area contributed by atoms with E-state index in [0.717, 1.165) is 16.7 Å². The Morgan fingerprint density at radius 3 is 1.96 bits per heavy atom. The van der Waals surface area contributed by atoms with Crippen molar-refractivity contribution in [1.82, 2.24) is 4.98 Å². The van der Waals surface area contributed by atoms with E-state index in [1.165, 1.54) is 11.8 Å². The number of carboxylic acids is 1. The second-order valence-electron chi connectivity index (χ2n) is 5.91. The lowest BCUT2D eigenvalue weighted by Gasteiger charge is -2.35. The average molecular weight is 364 g/mol. The summed E-state index contributed by atoms with van der Waals surface area (Å²) in [5.74, 6) is -0.729. The van der Waals surface area contributed by atoms with Gasteiger partial charge in [0.05, 0.1) is 4.75 Å². The van der Waals surface area contributed by atoms with Crippen LogP contribution in [0.15, 0.2) is 85.2 Å². The minimum absolute atomic E-state index is 0.272. The second kappa shape index (κ2) is 8.17. The summed E-state index contributed by atoms with van der Waals surface area (Å²) in [6.07, 6.45) is 3.57. The number of rotatable bonds is 7. The van der Waals surface area contributed by atoms with Crippen LogP contribution in [0.1, 0.15) is 16.7 Å². The molecular weight excluding hydrogens is 344 g/mol. The van der Waals surface area contributed by atoms with E-state index in [0.29, 0.717) is 0 Å². The number of nitrogens with two attached hydrogens (primary N) is 1. The second-order valence-corrected chi connectivity index (χ2v) is 7.15. The number of thioether (sulfide) groups is 1. The summed E-state index contributed by atoms with van der Waals surface area (Å²) < 4.78 is -0.593. The van der Waals surface area contributed by atoms with E-state index in [2.05, 4.69) is 29.2 Å². The van der Waals surface area contributed by atoms with Crippen LogP contribution in [0.5, 0.6) is 0 Å². The molecule has 0 radical (unpaired) electrons. The van der Waals surface area contributed by atoms with Crippen LogP contribution in [0.3, 0.4) is 0 Å². The molecule has 0 bridgehead atoms. The molecule has 0 spiro atoms. The van der Waals surface area contributed by atoms with Crippen molar-refractivity contribution in [2.45, 2.75) is 10.8 Å². The number of benzene rings is 2. The maximum atomic E-state index is 11.3. The molecule has 1 heterocycles. The van der Waals surface area contributed by atoms with Gasteiger partial charge >= 0.3 is 5.97 Å². The molecular formula is C21H20N2O2S. The van der Waals surface area contributed by atoms with Crippen molar-refractivity contribution < 1.29 is 9.90 Å². The van der Waals surface area contributed by atoms with Gasteiger partial charge in [-0.05, 0) is 22.8 Å². The Hall–Kier alpha value is -2.63. The van der Waals surface area contributed by atoms with Crippen LogP contribution in [0.25, 0.3) is 0 Å². The first-order valence-electron chi connectivity index (χ1n) is 8.28. The molecule has 3 aromatic rings. The van der Waals surface area contributed by atoms with Crippen LogP contribution in [0.2, 0.25) is 0 Å². The van der Waals surface area contributed by atoms with Gasteiger partial charge in [-0.3, -0.25) is 9.78 Å². The zero-order valence-electron chi connectivity index (χ0n) is 14.2. The third kappa shape index (κ3) is 3.64. The van der Waals surface area contributed by atoms with E-state index in [-0.39, 0.29) is 5.75 Å². The van der Waals surface area contributed by atoms with Crippen molar-refractivity contribution in [1.29, 1.82) is 0 Å². The van der Waals surface area contributed by atoms with Gasteiger partial charge in [0, 0.05) is 18.1 Å². The first-order chi connectivity index (χ1) is 12.6. The number of aromatic nitrogens is 1. The lowest BCUT2D eigenvalue weighted by molar-refractivity contribution is -0.137. The summed E-state index contributed by atoms with van der Waals surface area (Å²) >= 11 is 1.52. The molecule has 5 heteroatoms. The van der Waals surface area contributed by atoms with Crippen molar-refractivity contribution in [3.63, 3.8) is 0 Å². The number of hydrogen-bond donors (Lipinski definition) is 2. The highest BCUT2D eigenvalue weighted by Crippen LogP contribution is 2.48. The molecule has 1 aromatic heterocycles. The first-order valence-corrected chi connectivity index (χ1v) is 9.27. The monoisotopic (exact) mass is 364 g/mol. The summed E-state index contributed by atoms with van der Waals surface area (Å²) in [7, 11) is 0. The number of aliphatic carboxylic acids is 1. The summed E-state index contributed by atoms with van der Waals surface area (Å²) in [6, 6.07) is 23.1. The normalized spacial score (nSPS) is 12.5. The van der Waals surface area contributed by atoms with Crippen LogP contribution in [-0.4, -0.2) is 27.9 Å². The van der Waals surface area contributed by atoms with Gasteiger partial charge in [0.1, 0.15) is 6.04 Å². The summed E-state index contributed by atoms with van der Waals surface area (Å²) in [4.78, 5) is 15.6. The SMILES string of the molecule is NC(CSC(c1ccccc1)(c1ccccc1)c1cccnc1)C(=O)O. The van der Waals surface area contributed by atoms with Crippen molar-refractivity contribution in [2.75, 3.05) is 5.75 Å². The van der Waals surface area contributed by atoms with Crippen molar-refractivity contribution in [3.8, 4) is 0 Å². The Bertz CT molecular complexity index is 745. The quantitative estimate of drug-likeness (QED) is 0.671. The Kier molecular flexibility index (Phi) is 5.71. The first kappa shape index (κ1) is 18.2. The van der Waals surface area contributed by atoms with Gasteiger partial charge in [0.25, 0.3) is 0 Å². The van der Waals surface area contributed by atoms with E-state index >= 15 is 0 Å². The topological polar surface area (TPSA) is 76.2 Å². The van der Waals surface area contributed by atoms with Crippen LogP contribution < -0.4 is 5.73 Å². The molecule has 0 aliphatic carbocycles. The third-order valence-corrected chi connectivity index (χ3v) is 5.89. The highest BCUT2D eigenvalue weighted by atomic mass is 32.2. The van der Waals surface area contributed by atoms with Gasteiger partial charge in [-0.15, -0.1) is 11.8 Å². The predicted molar refractivity (Wildman–Crippen MR) is 105 cm³/mol. The lowest BCUT2D eigenvalue weighted by Crippen LogP contribution is -2.36. The molecule has 3 rings (SSSR count). The van der Waals surface area contributed by atoms with Crippen LogP contribution in [-0.2, 0) is 9.54 Å². The number of carbonyl (C=O) groups is 1. The molecule has 4 nitrogen and oxygen atoms in total. The molecule has 1 atom stereocenters. The maximum absolute atomic E-state index is 11.3. The zero-order valence-corrected chi connectivity index (χ0v) is 15.0. The molecule has 132 valence electrons. The molecule has 0 saturated carbocycles. The van der Waals surface area contributed by atoms with Crippen molar-refractivity contribution in [3.05, 3.63) is 102 Å². The fourth-order valence-corrected chi connectivity index (χ4v) is 4.42. The van der Waals surface area contributed by atoms with Gasteiger partial charge < -0.3 is 10.8 Å². The van der Waals surface area contributed by atoms with Crippen LogP contribution in [0, 0.1) is 0 Å². The zero-order chi connectivity index (χ0) is 18.4. The maximum Gasteiger partial charge on any atom is 0.321 e. The minimum atomic E-state index is -1.00. The molecule has 2 aromatic carbocycles. The molecule has 3 N–H and O–H groups in total.